The maximum absolute atomic E-state index is 6.27. The summed E-state index contributed by atoms with van der Waals surface area (Å²) < 4.78 is 8.84. The normalized spacial score (nSPS) is 11.6. The third-order valence-corrected chi connectivity index (χ3v) is 12.0. The minimum absolute atomic E-state index is 0.902. The third kappa shape index (κ3) is 5.40. The lowest BCUT2D eigenvalue weighted by atomic mass is 9.95. The molecule has 0 saturated heterocycles. The first-order valence-corrected chi connectivity index (χ1v) is 19.5. The number of thiophene rings is 1. The number of fused-ring (bicyclic) bond motifs is 7. The van der Waals surface area contributed by atoms with Gasteiger partial charge in [-0.1, -0.05) is 146 Å². The summed E-state index contributed by atoms with van der Waals surface area (Å²) in [5.74, 6) is 0. The van der Waals surface area contributed by atoms with Crippen LogP contribution in [0.25, 0.3) is 86.3 Å². The van der Waals surface area contributed by atoms with Crippen molar-refractivity contribution < 1.29 is 4.42 Å². The van der Waals surface area contributed by atoms with Crippen molar-refractivity contribution in [2.45, 2.75) is 0 Å². The number of para-hydroxylation sites is 1. The lowest BCUT2D eigenvalue weighted by Crippen LogP contribution is -2.11. The second kappa shape index (κ2) is 12.9. The second-order valence-electron chi connectivity index (χ2n) is 14.1. The summed E-state index contributed by atoms with van der Waals surface area (Å²) in [5.41, 5.74) is 12.1. The molecule has 0 atom stereocenters. The largest absolute Gasteiger partial charge is 0.456 e. The Labute approximate surface area is 322 Å². The van der Waals surface area contributed by atoms with Gasteiger partial charge in [0.15, 0.2) is 0 Å². The minimum Gasteiger partial charge on any atom is -0.456 e. The zero-order chi connectivity index (χ0) is 36.3. The molecule has 0 radical (unpaired) electrons. The number of rotatable bonds is 6. The molecular formula is C52H33NOS. The Morgan fingerprint density at radius 2 is 1.02 bits per heavy atom. The first kappa shape index (κ1) is 31.6. The van der Waals surface area contributed by atoms with Crippen LogP contribution in [0.4, 0.5) is 17.1 Å². The summed E-state index contributed by atoms with van der Waals surface area (Å²) in [6.45, 7) is 0. The van der Waals surface area contributed by atoms with Crippen LogP contribution in [0.5, 0.6) is 0 Å². The van der Waals surface area contributed by atoms with Crippen LogP contribution in [-0.2, 0) is 0 Å². The van der Waals surface area contributed by atoms with E-state index < -0.39 is 0 Å². The number of hydrogen-bond donors (Lipinski definition) is 0. The molecule has 0 amide bonds. The molecule has 9 aromatic carbocycles. The maximum Gasteiger partial charge on any atom is 0.136 e. The smallest absolute Gasteiger partial charge is 0.136 e. The van der Waals surface area contributed by atoms with Gasteiger partial charge in [-0.25, -0.2) is 0 Å². The molecule has 0 aliphatic rings. The molecular weight excluding hydrogens is 687 g/mol. The van der Waals surface area contributed by atoms with Crippen molar-refractivity contribution in [3.63, 3.8) is 0 Å². The molecule has 3 heteroatoms. The van der Waals surface area contributed by atoms with Gasteiger partial charge in [0.05, 0.1) is 5.69 Å². The van der Waals surface area contributed by atoms with E-state index in [0.29, 0.717) is 0 Å². The molecule has 55 heavy (non-hydrogen) atoms. The van der Waals surface area contributed by atoms with Crippen molar-refractivity contribution in [1.29, 1.82) is 0 Å². The zero-order valence-electron chi connectivity index (χ0n) is 29.8. The third-order valence-electron chi connectivity index (χ3n) is 10.9. The minimum atomic E-state index is 0.902. The van der Waals surface area contributed by atoms with E-state index in [0.717, 1.165) is 50.1 Å². The number of hydrogen-bond acceptors (Lipinski definition) is 3. The number of furan rings is 1. The van der Waals surface area contributed by atoms with Crippen LogP contribution in [-0.4, -0.2) is 0 Å². The fourth-order valence-electron chi connectivity index (χ4n) is 8.21. The Balaban J connectivity index is 1.13. The van der Waals surface area contributed by atoms with Crippen molar-refractivity contribution in [1.82, 2.24) is 0 Å². The summed E-state index contributed by atoms with van der Waals surface area (Å²) in [5, 5.41) is 7.34. The Kier molecular flexibility index (Phi) is 7.39. The molecule has 0 bridgehead atoms. The van der Waals surface area contributed by atoms with E-state index in [4.69, 9.17) is 4.42 Å². The van der Waals surface area contributed by atoms with Crippen LogP contribution in [0, 0.1) is 0 Å². The lowest BCUT2D eigenvalue weighted by Gasteiger charge is -2.29. The van der Waals surface area contributed by atoms with E-state index in [2.05, 4.69) is 193 Å². The van der Waals surface area contributed by atoms with Crippen LogP contribution >= 0.6 is 11.3 Å². The number of nitrogens with zero attached hydrogens (tertiary/aromatic N) is 1. The highest BCUT2D eigenvalue weighted by Gasteiger charge is 2.21. The highest BCUT2D eigenvalue weighted by molar-refractivity contribution is 7.25. The Morgan fingerprint density at radius 1 is 0.364 bits per heavy atom. The van der Waals surface area contributed by atoms with Crippen LogP contribution in [0.3, 0.4) is 0 Å². The fraction of sp³-hybridized carbons (Fsp3) is 0. The van der Waals surface area contributed by atoms with Gasteiger partial charge in [-0.05, 0) is 93.2 Å². The average molecular weight is 720 g/mol. The molecule has 11 rings (SSSR count). The van der Waals surface area contributed by atoms with Gasteiger partial charge in [0, 0.05) is 47.9 Å². The molecule has 0 aliphatic carbocycles. The van der Waals surface area contributed by atoms with Gasteiger partial charge in [-0.2, -0.15) is 0 Å². The summed E-state index contributed by atoms with van der Waals surface area (Å²) in [4.78, 5) is 2.44. The van der Waals surface area contributed by atoms with Crippen LogP contribution in [0.1, 0.15) is 0 Å². The average Bonchev–Trinajstić information content (AvgIpc) is 3.82. The summed E-state index contributed by atoms with van der Waals surface area (Å²) in [6, 6.07) is 72.4. The number of benzene rings is 9. The van der Waals surface area contributed by atoms with Gasteiger partial charge < -0.3 is 9.32 Å². The lowest BCUT2D eigenvalue weighted by molar-refractivity contribution is 0.669. The summed E-state index contributed by atoms with van der Waals surface area (Å²) >= 11 is 1.85. The summed E-state index contributed by atoms with van der Waals surface area (Å²) in [7, 11) is 0. The van der Waals surface area contributed by atoms with Gasteiger partial charge in [0.1, 0.15) is 11.2 Å². The predicted molar refractivity (Wildman–Crippen MR) is 235 cm³/mol. The molecule has 2 aromatic heterocycles. The Bertz CT molecular complexity index is 3210. The van der Waals surface area contributed by atoms with Crippen molar-refractivity contribution in [2.24, 2.45) is 0 Å². The SMILES string of the molecule is c1ccc(-c2ccc(-c3ccc4ccccc4c3)cc2N(c2ccc(-c3cccc4oc5ccccc5c34)cc2)c2ccc3c(c2)sc2ccccc23)cc1. The molecule has 2 heterocycles. The molecule has 0 saturated carbocycles. The van der Waals surface area contributed by atoms with Crippen molar-refractivity contribution in [3.8, 4) is 33.4 Å². The highest BCUT2D eigenvalue weighted by Crippen LogP contribution is 2.46. The molecule has 0 N–H and O–H groups in total. The highest BCUT2D eigenvalue weighted by atomic mass is 32.1. The first-order chi connectivity index (χ1) is 27.2. The first-order valence-electron chi connectivity index (χ1n) is 18.7. The molecule has 0 unspecified atom stereocenters. The van der Waals surface area contributed by atoms with Crippen LogP contribution < -0.4 is 4.90 Å². The van der Waals surface area contributed by atoms with Crippen LogP contribution in [0.2, 0.25) is 0 Å². The molecule has 0 spiro atoms. The van der Waals surface area contributed by atoms with Gasteiger partial charge in [-0.15, -0.1) is 11.3 Å². The van der Waals surface area contributed by atoms with E-state index in [1.807, 2.05) is 23.5 Å². The van der Waals surface area contributed by atoms with E-state index >= 15 is 0 Å². The van der Waals surface area contributed by atoms with Gasteiger partial charge >= 0.3 is 0 Å². The van der Waals surface area contributed by atoms with E-state index in [9.17, 15) is 0 Å². The maximum atomic E-state index is 6.27. The summed E-state index contributed by atoms with van der Waals surface area (Å²) in [6.07, 6.45) is 0. The van der Waals surface area contributed by atoms with Gasteiger partial charge in [-0.3, -0.25) is 0 Å². The molecule has 258 valence electrons. The Hall–Kier alpha value is -6.94. The van der Waals surface area contributed by atoms with Crippen LogP contribution in [0.15, 0.2) is 205 Å². The zero-order valence-corrected chi connectivity index (χ0v) is 30.6. The standard InChI is InChI=1S/C52H33NOS/c1-2-12-35(13-3-1)42-29-25-39(38-22-21-34-11-4-5-14-37(34)31-38)32-47(42)53(41-28-30-45-44-15-7-9-20-50(44)55-51(45)33-41)40-26-23-36(24-27-40)43-17-10-19-49-52(43)46-16-6-8-18-48(46)54-49/h1-33H. The molecule has 0 aliphatic heterocycles. The monoisotopic (exact) mass is 719 g/mol. The predicted octanol–water partition coefficient (Wildman–Crippen LogP) is 15.6. The quantitative estimate of drug-likeness (QED) is 0.170. The van der Waals surface area contributed by atoms with E-state index in [1.165, 1.54) is 53.2 Å². The number of anilines is 3. The molecule has 0 fully saturated rings. The van der Waals surface area contributed by atoms with Gasteiger partial charge in [0.2, 0.25) is 0 Å². The second-order valence-corrected chi connectivity index (χ2v) is 15.2. The molecule has 11 aromatic rings. The molecule has 2 nitrogen and oxygen atoms in total. The van der Waals surface area contributed by atoms with E-state index in [-0.39, 0.29) is 0 Å². The van der Waals surface area contributed by atoms with Crippen molar-refractivity contribution in [3.05, 3.63) is 200 Å². The van der Waals surface area contributed by atoms with Gasteiger partial charge in [0.25, 0.3) is 0 Å². The topological polar surface area (TPSA) is 16.4 Å². The fourth-order valence-corrected chi connectivity index (χ4v) is 9.35. The Morgan fingerprint density at radius 3 is 1.91 bits per heavy atom. The van der Waals surface area contributed by atoms with Crippen molar-refractivity contribution in [2.75, 3.05) is 4.90 Å². The van der Waals surface area contributed by atoms with Crippen molar-refractivity contribution >= 4 is 81.3 Å². The van der Waals surface area contributed by atoms with E-state index in [1.54, 1.807) is 0 Å².